The molecule has 2 aromatic rings. The number of hydrogen-bond donors (Lipinski definition) is 2. The third-order valence-electron chi connectivity index (χ3n) is 2.11. The maximum atomic E-state index is 12.1. The minimum absolute atomic E-state index is 0.0340. The number of aromatic nitrogens is 2. The monoisotopic (exact) mass is 329 g/mol. The lowest BCUT2D eigenvalue weighted by Gasteiger charge is -2.06. The highest BCUT2D eigenvalue weighted by Gasteiger charge is 2.19. The van der Waals surface area contributed by atoms with Crippen molar-refractivity contribution in [2.24, 2.45) is 0 Å². The summed E-state index contributed by atoms with van der Waals surface area (Å²) < 4.78 is 26.5. The Morgan fingerprint density at radius 1 is 1.45 bits per heavy atom. The molecular weight excluding hydrogens is 322 g/mol. The van der Waals surface area contributed by atoms with E-state index in [1.807, 2.05) is 0 Å². The molecule has 0 aliphatic carbocycles. The van der Waals surface area contributed by atoms with Crippen molar-refractivity contribution in [3.63, 3.8) is 0 Å². The van der Waals surface area contributed by atoms with Crippen LogP contribution in [0.4, 0.5) is 5.13 Å². The number of rotatable bonds is 3. The molecule has 0 radical (unpaired) electrons. The van der Waals surface area contributed by atoms with E-state index in [0.717, 1.165) is 11.3 Å². The van der Waals surface area contributed by atoms with E-state index in [9.17, 15) is 8.42 Å². The van der Waals surface area contributed by atoms with Gasteiger partial charge in [0.25, 0.3) is 10.0 Å². The van der Waals surface area contributed by atoms with Gasteiger partial charge in [0.2, 0.25) is 5.13 Å². The van der Waals surface area contributed by atoms with E-state index in [4.69, 9.17) is 16.7 Å². The summed E-state index contributed by atoms with van der Waals surface area (Å²) in [6, 6.07) is 4.26. The van der Waals surface area contributed by atoms with Crippen molar-refractivity contribution in [3.05, 3.63) is 34.3 Å². The molecule has 2 rings (SSSR count). The molecule has 104 valence electrons. The molecule has 0 aliphatic rings. The van der Waals surface area contributed by atoms with Gasteiger partial charge in [-0.1, -0.05) is 34.8 Å². The van der Waals surface area contributed by atoms with Gasteiger partial charge < -0.3 is 5.11 Å². The van der Waals surface area contributed by atoms with Gasteiger partial charge in [-0.15, -0.1) is 10.2 Å². The van der Waals surface area contributed by atoms with Crippen LogP contribution in [0.15, 0.2) is 28.6 Å². The molecule has 9 heteroatoms. The molecule has 2 N–H and O–H groups in total. The fraction of sp³-hybridized carbons (Fsp3) is 0.0909. The molecule has 6 nitrogen and oxygen atoms in total. The van der Waals surface area contributed by atoms with Gasteiger partial charge in [-0.2, -0.15) is 0 Å². The summed E-state index contributed by atoms with van der Waals surface area (Å²) in [5.74, 6) is 5.09. The second-order valence-corrected chi connectivity index (χ2v) is 6.35. The van der Waals surface area contributed by atoms with Gasteiger partial charge in [-0.05, 0) is 18.2 Å². The van der Waals surface area contributed by atoms with Crippen LogP contribution in [0.1, 0.15) is 5.56 Å². The Kier molecular flexibility index (Phi) is 4.57. The fourth-order valence-electron chi connectivity index (χ4n) is 1.33. The zero-order valence-electron chi connectivity index (χ0n) is 9.87. The second-order valence-electron chi connectivity index (χ2n) is 3.45. The van der Waals surface area contributed by atoms with Crippen LogP contribution in [0.2, 0.25) is 5.02 Å². The highest BCUT2D eigenvalue weighted by molar-refractivity contribution is 7.93. The minimum Gasteiger partial charge on any atom is -0.384 e. The number of hydrogen-bond acceptors (Lipinski definition) is 6. The first-order valence-electron chi connectivity index (χ1n) is 5.21. The number of aliphatic hydroxyl groups excluding tert-OH is 1. The summed E-state index contributed by atoms with van der Waals surface area (Å²) in [6.07, 6.45) is 0. The maximum absolute atomic E-state index is 12.1. The van der Waals surface area contributed by atoms with Gasteiger partial charge in [-0.25, -0.2) is 8.42 Å². The van der Waals surface area contributed by atoms with Gasteiger partial charge in [0.05, 0.1) is 5.02 Å². The summed E-state index contributed by atoms with van der Waals surface area (Å²) in [6.45, 7) is -0.281. The Morgan fingerprint density at radius 3 is 2.85 bits per heavy atom. The zero-order chi connectivity index (χ0) is 14.6. The lowest BCUT2D eigenvalue weighted by atomic mass is 10.2. The van der Waals surface area contributed by atoms with E-state index in [0.29, 0.717) is 5.56 Å². The Hall–Kier alpha value is -1.66. The molecular formula is C11H8ClN3O3S2. The Labute approximate surface area is 124 Å². The first kappa shape index (κ1) is 14.7. The third-order valence-corrected chi connectivity index (χ3v) is 4.67. The van der Waals surface area contributed by atoms with Crippen LogP contribution < -0.4 is 4.72 Å². The number of nitrogens with one attached hydrogen (secondary N) is 1. The summed E-state index contributed by atoms with van der Waals surface area (Å²) in [7, 11) is -3.82. The minimum atomic E-state index is -3.82. The zero-order valence-corrected chi connectivity index (χ0v) is 12.3. The van der Waals surface area contributed by atoms with Gasteiger partial charge in [-0.3, -0.25) is 4.72 Å². The number of anilines is 1. The Morgan fingerprint density at radius 2 is 2.25 bits per heavy atom. The Balaban J connectivity index is 2.33. The summed E-state index contributed by atoms with van der Waals surface area (Å²) in [4.78, 5) is -0.0797. The molecule has 1 aromatic carbocycles. The van der Waals surface area contributed by atoms with Crippen molar-refractivity contribution in [2.45, 2.75) is 4.90 Å². The molecule has 0 bridgehead atoms. The fourth-order valence-corrected chi connectivity index (χ4v) is 3.56. The second kappa shape index (κ2) is 6.19. The largest absolute Gasteiger partial charge is 0.384 e. The molecule has 0 saturated heterocycles. The normalized spacial score (nSPS) is 10.7. The lowest BCUT2D eigenvalue weighted by Crippen LogP contribution is -2.13. The third kappa shape index (κ3) is 3.46. The Bertz CT molecular complexity index is 764. The average Bonchev–Trinajstić information content (AvgIpc) is 2.88. The van der Waals surface area contributed by atoms with Crippen molar-refractivity contribution in [1.29, 1.82) is 0 Å². The van der Waals surface area contributed by atoms with E-state index in [1.54, 1.807) is 0 Å². The van der Waals surface area contributed by atoms with Crippen LogP contribution in [0, 0.1) is 11.8 Å². The van der Waals surface area contributed by atoms with Crippen LogP contribution in [0.5, 0.6) is 0 Å². The molecule has 0 fully saturated rings. The van der Waals surface area contributed by atoms with Crippen molar-refractivity contribution in [1.82, 2.24) is 10.2 Å². The topological polar surface area (TPSA) is 92.2 Å². The molecule has 20 heavy (non-hydrogen) atoms. The highest BCUT2D eigenvalue weighted by Crippen LogP contribution is 2.25. The molecule has 0 atom stereocenters. The smallest absolute Gasteiger partial charge is 0.265 e. The van der Waals surface area contributed by atoms with Crippen molar-refractivity contribution in [3.8, 4) is 11.8 Å². The standard InChI is InChI=1S/C11H8ClN3O3S2/c12-9-6-8(2-1-5-16)3-4-10(9)20(17,18)15-11-14-13-7-19-11/h3-4,6-7,16H,5H2,(H,14,15). The van der Waals surface area contributed by atoms with E-state index in [1.165, 1.54) is 23.7 Å². The maximum Gasteiger partial charge on any atom is 0.265 e. The van der Waals surface area contributed by atoms with Crippen LogP contribution in [-0.4, -0.2) is 30.3 Å². The highest BCUT2D eigenvalue weighted by atomic mass is 35.5. The van der Waals surface area contributed by atoms with Gasteiger partial charge in [0, 0.05) is 5.56 Å². The number of sulfonamides is 1. The van der Waals surface area contributed by atoms with E-state index in [2.05, 4.69) is 26.8 Å². The first-order chi connectivity index (χ1) is 9.53. The lowest BCUT2D eigenvalue weighted by molar-refractivity contribution is 0.350. The SMILES string of the molecule is O=S(=O)(Nc1nncs1)c1ccc(C#CCO)cc1Cl. The van der Waals surface area contributed by atoms with Crippen molar-refractivity contribution < 1.29 is 13.5 Å². The molecule has 0 amide bonds. The van der Waals surface area contributed by atoms with Crippen LogP contribution in [-0.2, 0) is 10.0 Å². The van der Waals surface area contributed by atoms with Gasteiger partial charge in [0.15, 0.2) is 0 Å². The van der Waals surface area contributed by atoms with Crippen molar-refractivity contribution >= 4 is 38.1 Å². The molecule has 0 aliphatic heterocycles. The molecule has 1 heterocycles. The van der Waals surface area contributed by atoms with Gasteiger partial charge in [0.1, 0.15) is 17.0 Å². The van der Waals surface area contributed by atoms with Crippen LogP contribution >= 0.6 is 22.9 Å². The van der Waals surface area contributed by atoms with E-state index in [-0.39, 0.29) is 21.7 Å². The molecule has 1 aromatic heterocycles. The number of aliphatic hydroxyl groups is 1. The van der Waals surface area contributed by atoms with Crippen LogP contribution in [0.25, 0.3) is 0 Å². The summed E-state index contributed by atoms with van der Waals surface area (Å²) >= 11 is 7.01. The van der Waals surface area contributed by atoms with E-state index < -0.39 is 10.0 Å². The van der Waals surface area contributed by atoms with Crippen LogP contribution in [0.3, 0.4) is 0 Å². The summed E-state index contributed by atoms with van der Waals surface area (Å²) in [5.41, 5.74) is 1.92. The molecule has 0 spiro atoms. The predicted molar refractivity (Wildman–Crippen MR) is 76.1 cm³/mol. The quantitative estimate of drug-likeness (QED) is 0.829. The first-order valence-corrected chi connectivity index (χ1v) is 7.95. The number of halogens is 1. The number of benzene rings is 1. The molecule has 0 saturated carbocycles. The van der Waals surface area contributed by atoms with Gasteiger partial charge >= 0.3 is 0 Å². The summed E-state index contributed by atoms with van der Waals surface area (Å²) in [5, 5.41) is 15.9. The molecule has 0 unspecified atom stereocenters. The number of nitrogens with zero attached hydrogens (tertiary/aromatic N) is 2. The predicted octanol–water partition coefficient (Wildman–Crippen LogP) is 1.34. The van der Waals surface area contributed by atoms with Crippen molar-refractivity contribution in [2.75, 3.05) is 11.3 Å². The van der Waals surface area contributed by atoms with E-state index >= 15 is 0 Å². The average molecular weight is 330 g/mol.